The monoisotopic (exact) mass is 303 g/mol. The topological polar surface area (TPSA) is 69.4 Å². The lowest BCUT2D eigenvalue weighted by Crippen LogP contribution is -2.03. The minimum Gasteiger partial charge on any atom is -0.423 e. The third kappa shape index (κ3) is 4.43. The summed E-state index contributed by atoms with van der Waals surface area (Å²) in [5.41, 5.74) is 0.701. The summed E-state index contributed by atoms with van der Waals surface area (Å²) in [6.07, 6.45) is 2.83. The molecule has 2 aromatic carbocycles. The van der Waals surface area contributed by atoms with Crippen LogP contribution < -0.4 is 4.74 Å². The van der Waals surface area contributed by atoms with Crippen molar-refractivity contribution in [1.29, 1.82) is 0 Å². The van der Waals surface area contributed by atoms with Crippen LogP contribution in [0.15, 0.2) is 54.6 Å². The largest absolute Gasteiger partial charge is 0.423 e. The molecule has 0 N–H and O–H groups in total. The van der Waals surface area contributed by atoms with E-state index in [1.54, 1.807) is 30.3 Å². The number of non-ortho nitro benzene ring substituents is 1. The van der Waals surface area contributed by atoms with Crippen molar-refractivity contribution in [3.05, 3.63) is 75.3 Å². The second-order valence-corrected chi connectivity index (χ2v) is 4.50. The fourth-order valence-corrected chi connectivity index (χ4v) is 1.76. The maximum atomic E-state index is 11.6. The van der Waals surface area contributed by atoms with Crippen molar-refractivity contribution in [2.45, 2.75) is 0 Å². The van der Waals surface area contributed by atoms with Crippen molar-refractivity contribution >= 4 is 29.3 Å². The zero-order chi connectivity index (χ0) is 15.2. The molecule has 106 valence electrons. The van der Waals surface area contributed by atoms with Gasteiger partial charge in [-0.1, -0.05) is 23.7 Å². The Labute approximate surface area is 125 Å². The van der Waals surface area contributed by atoms with E-state index in [-0.39, 0.29) is 11.4 Å². The predicted octanol–water partition coefficient (Wildman–Crippen LogP) is 3.87. The van der Waals surface area contributed by atoms with Gasteiger partial charge in [0.25, 0.3) is 5.69 Å². The van der Waals surface area contributed by atoms with Gasteiger partial charge >= 0.3 is 5.97 Å². The summed E-state index contributed by atoms with van der Waals surface area (Å²) < 4.78 is 5.02. The molecule has 2 rings (SSSR count). The van der Waals surface area contributed by atoms with E-state index < -0.39 is 10.9 Å². The second kappa shape index (κ2) is 6.67. The van der Waals surface area contributed by atoms with E-state index in [9.17, 15) is 14.9 Å². The van der Waals surface area contributed by atoms with E-state index in [1.807, 2.05) is 0 Å². The van der Waals surface area contributed by atoms with Gasteiger partial charge < -0.3 is 4.74 Å². The standard InChI is InChI=1S/C15H10ClNO4/c16-12-3-1-2-11(10-12)4-9-15(18)21-14-7-5-13(6-8-14)17(19)20/h1-10H. The van der Waals surface area contributed by atoms with Crippen LogP contribution in [-0.2, 0) is 4.79 Å². The average Bonchev–Trinajstić information content (AvgIpc) is 2.46. The van der Waals surface area contributed by atoms with Crippen LogP contribution in [0.2, 0.25) is 5.02 Å². The van der Waals surface area contributed by atoms with E-state index >= 15 is 0 Å². The molecule has 0 amide bonds. The molecule has 5 nitrogen and oxygen atoms in total. The van der Waals surface area contributed by atoms with Crippen LogP contribution in [0, 0.1) is 10.1 Å². The van der Waals surface area contributed by atoms with Crippen molar-refractivity contribution in [2.24, 2.45) is 0 Å². The van der Waals surface area contributed by atoms with E-state index in [1.165, 1.54) is 30.3 Å². The third-order valence-corrected chi connectivity index (χ3v) is 2.76. The lowest BCUT2D eigenvalue weighted by Gasteiger charge is -2.00. The number of nitrogens with zero attached hydrogens (tertiary/aromatic N) is 1. The number of benzene rings is 2. The molecule has 0 saturated heterocycles. The van der Waals surface area contributed by atoms with Crippen LogP contribution in [0.4, 0.5) is 5.69 Å². The molecule has 0 aliphatic rings. The van der Waals surface area contributed by atoms with E-state index in [0.29, 0.717) is 5.02 Å². The quantitative estimate of drug-likeness (QED) is 0.283. The minimum atomic E-state index is -0.580. The van der Waals surface area contributed by atoms with Gasteiger partial charge in [0, 0.05) is 23.2 Å². The van der Waals surface area contributed by atoms with Crippen LogP contribution in [0.25, 0.3) is 6.08 Å². The molecule has 0 unspecified atom stereocenters. The first-order chi connectivity index (χ1) is 10.0. The number of carbonyl (C=O) groups is 1. The Morgan fingerprint density at radius 1 is 1.19 bits per heavy atom. The molecular weight excluding hydrogens is 294 g/mol. The maximum absolute atomic E-state index is 11.6. The molecular formula is C15H10ClNO4. The lowest BCUT2D eigenvalue weighted by atomic mass is 10.2. The Balaban J connectivity index is 1.99. The lowest BCUT2D eigenvalue weighted by molar-refractivity contribution is -0.384. The summed E-state index contributed by atoms with van der Waals surface area (Å²) in [6, 6.07) is 12.3. The van der Waals surface area contributed by atoms with Crippen LogP contribution >= 0.6 is 11.6 Å². The number of nitro benzene ring substituents is 1. The third-order valence-electron chi connectivity index (χ3n) is 2.53. The van der Waals surface area contributed by atoms with Gasteiger partial charge in [-0.2, -0.15) is 0 Å². The maximum Gasteiger partial charge on any atom is 0.336 e. The highest BCUT2D eigenvalue weighted by Gasteiger charge is 2.06. The number of hydrogen-bond acceptors (Lipinski definition) is 4. The Kier molecular flexibility index (Phi) is 4.68. The first kappa shape index (κ1) is 14.7. The van der Waals surface area contributed by atoms with Gasteiger partial charge in [0.05, 0.1) is 4.92 Å². The van der Waals surface area contributed by atoms with Crippen LogP contribution in [0.3, 0.4) is 0 Å². The molecule has 0 aliphatic heterocycles. The second-order valence-electron chi connectivity index (χ2n) is 4.06. The Bertz CT molecular complexity index is 695. The zero-order valence-electron chi connectivity index (χ0n) is 10.7. The van der Waals surface area contributed by atoms with Gasteiger partial charge in [-0.3, -0.25) is 10.1 Å². The summed E-state index contributed by atoms with van der Waals surface area (Å²) in [7, 11) is 0. The number of halogens is 1. The SMILES string of the molecule is O=C(C=Cc1cccc(Cl)c1)Oc1ccc([N+](=O)[O-])cc1. The average molecular weight is 304 g/mol. The summed E-state index contributed by atoms with van der Waals surface area (Å²) in [6.45, 7) is 0. The van der Waals surface area contributed by atoms with Crippen molar-refractivity contribution in [3.63, 3.8) is 0 Å². The summed E-state index contributed by atoms with van der Waals surface area (Å²) >= 11 is 5.83. The van der Waals surface area contributed by atoms with Crippen LogP contribution in [-0.4, -0.2) is 10.9 Å². The van der Waals surface area contributed by atoms with E-state index in [0.717, 1.165) is 5.56 Å². The smallest absolute Gasteiger partial charge is 0.336 e. The molecule has 0 aliphatic carbocycles. The minimum absolute atomic E-state index is 0.0655. The van der Waals surface area contributed by atoms with Crippen molar-refractivity contribution in [3.8, 4) is 5.75 Å². The summed E-state index contributed by atoms with van der Waals surface area (Å²) in [4.78, 5) is 21.6. The highest BCUT2D eigenvalue weighted by molar-refractivity contribution is 6.30. The number of rotatable bonds is 4. The molecule has 6 heteroatoms. The number of hydrogen-bond donors (Lipinski definition) is 0. The molecule has 0 heterocycles. The number of nitro groups is 1. The summed E-state index contributed by atoms with van der Waals surface area (Å²) in [5.74, 6) is -0.342. The van der Waals surface area contributed by atoms with Crippen molar-refractivity contribution < 1.29 is 14.5 Å². The fourth-order valence-electron chi connectivity index (χ4n) is 1.56. The van der Waals surface area contributed by atoms with E-state index in [4.69, 9.17) is 16.3 Å². The molecule has 0 atom stereocenters. The molecule has 0 radical (unpaired) electrons. The van der Waals surface area contributed by atoms with E-state index in [2.05, 4.69) is 0 Å². The molecule has 0 fully saturated rings. The van der Waals surface area contributed by atoms with Crippen LogP contribution in [0.5, 0.6) is 5.75 Å². The van der Waals surface area contributed by atoms with Gasteiger partial charge in [0.2, 0.25) is 0 Å². The van der Waals surface area contributed by atoms with Gasteiger partial charge in [-0.25, -0.2) is 4.79 Å². The van der Waals surface area contributed by atoms with Gasteiger partial charge in [-0.15, -0.1) is 0 Å². The highest BCUT2D eigenvalue weighted by atomic mass is 35.5. The fraction of sp³-hybridized carbons (Fsp3) is 0. The van der Waals surface area contributed by atoms with Crippen molar-refractivity contribution in [2.75, 3.05) is 0 Å². The number of ether oxygens (including phenoxy) is 1. The Hall–Kier alpha value is -2.66. The van der Waals surface area contributed by atoms with Gasteiger partial charge in [0.1, 0.15) is 5.75 Å². The van der Waals surface area contributed by atoms with Gasteiger partial charge in [-0.05, 0) is 35.9 Å². The molecule has 0 bridgehead atoms. The predicted molar refractivity (Wildman–Crippen MR) is 79.2 cm³/mol. The van der Waals surface area contributed by atoms with Gasteiger partial charge in [0.15, 0.2) is 0 Å². The molecule has 2 aromatic rings. The molecule has 0 saturated carbocycles. The zero-order valence-corrected chi connectivity index (χ0v) is 11.5. The first-order valence-corrected chi connectivity index (χ1v) is 6.32. The number of esters is 1. The van der Waals surface area contributed by atoms with Crippen molar-refractivity contribution in [1.82, 2.24) is 0 Å². The molecule has 21 heavy (non-hydrogen) atoms. The summed E-state index contributed by atoms with van der Waals surface area (Å²) in [5, 5.41) is 11.1. The Morgan fingerprint density at radius 3 is 2.52 bits per heavy atom. The number of carbonyl (C=O) groups excluding carboxylic acids is 1. The normalized spacial score (nSPS) is 10.5. The highest BCUT2D eigenvalue weighted by Crippen LogP contribution is 2.17. The van der Waals surface area contributed by atoms with Crippen LogP contribution in [0.1, 0.15) is 5.56 Å². The first-order valence-electron chi connectivity index (χ1n) is 5.94. The Morgan fingerprint density at radius 2 is 1.90 bits per heavy atom. The molecule has 0 aromatic heterocycles. The molecule has 0 spiro atoms.